The van der Waals surface area contributed by atoms with Crippen LogP contribution in [0.25, 0.3) is 10.9 Å². The van der Waals surface area contributed by atoms with E-state index in [2.05, 4.69) is 33.8 Å². The highest BCUT2D eigenvalue weighted by atomic mass is 32.2. The molecule has 0 saturated carbocycles. The van der Waals surface area contributed by atoms with Crippen LogP contribution in [0.5, 0.6) is 0 Å². The smallest absolute Gasteiger partial charge is 0.328 e. The number of anilines is 3. The van der Waals surface area contributed by atoms with E-state index in [1.807, 2.05) is 47.5 Å². The van der Waals surface area contributed by atoms with Crippen molar-refractivity contribution in [2.75, 3.05) is 47.4 Å². The standard InChI is InChI=1S/C22H28N6O2S/c1-16(2)24-19-5-4-9-23-21(19)26-11-13-27(14-12-26)22(29)28-10-8-17-15-18(25-31(3)30)6-7-20(17)28/h4-10,15-16,24-25H,11-14H2,1-3H3. The lowest BCUT2D eigenvalue weighted by Crippen LogP contribution is -2.50. The molecular formula is C22H28N6O2S. The highest BCUT2D eigenvalue weighted by Gasteiger charge is 2.25. The number of carbonyl (C=O) groups excluding carboxylic acids is 1. The number of nitrogens with one attached hydrogen (secondary N) is 2. The first kappa shape index (κ1) is 21.2. The van der Waals surface area contributed by atoms with Crippen molar-refractivity contribution in [3.8, 4) is 0 Å². The van der Waals surface area contributed by atoms with Crippen LogP contribution in [-0.4, -0.2) is 63.2 Å². The summed E-state index contributed by atoms with van der Waals surface area (Å²) in [6.45, 7) is 6.93. The molecule has 2 N–H and O–H groups in total. The average molecular weight is 441 g/mol. The molecule has 1 saturated heterocycles. The first-order valence-electron chi connectivity index (χ1n) is 10.4. The van der Waals surface area contributed by atoms with Crippen molar-refractivity contribution in [3.63, 3.8) is 0 Å². The van der Waals surface area contributed by atoms with Crippen LogP contribution in [0.15, 0.2) is 48.8 Å². The Balaban J connectivity index is 1.46. The van der Waals surface area contributed by atoms with Gasteiger partial charge in [-0.15, -0.1) is 0 Å². The highest BCUT2D eigenvalue weighted by Crippen LogP contribution is 2.25. The molecule has 1 fully saturated rings. The van der Waals surface area contributed by atoms with E-state index in [4.69, 9.17) is 0 Å². The van der Waals surface area contributed by atoms with Gasteiger partial charge in [0.15, 0.2) is 5.82 Å². The van der Waals surface area contributed by atoms with E-state index in [1.54, 1.807) is 17.0 Å². The maximum atomic E-state index is 13.2. The minimum absolute atomic E-state index is 0.0315. The number of benzene rings is 1. The zero-order chi connectivity index (χ0) is 22.0. The number of pyridine rings is 1. The van der Waals surface area contributed by atoms with Crippen molar-refractivity contribution in [1.29, 1.82) is 0 Å². The average Bonchev–Trinajstić information content (AvgIpc) is 3.16. The largest absolute Gasteiger partial charge is 0.380 e. The molecule has 8 nitrogen and oxygen atoms in total. The minimum Gasteiger partial charge on any atom is -0.380 e. The summed E-state index contributed by atoms with van der Waals surface area (Å²) in [6, 6.07) is 11.8. The molecule has 1 atom stereocenters. The van der Waals surface area contributed by atoms with Gasteiger partial charge in [-0.2, -0.15) is 0 Å². The normalized spacial score (nSPS) is 15.4. The van der Waals surface area contributed by atoms with Gasteiger partial charge in [-0.25, -0.2) is 14.0 Å². The molecule has 0 aliphatic carbocycles. The van der Waals surface area contributed by atoms with Gasteiger partial charge >= 0.3 is 6.03 Å². The van der Waals surface area contributed by atoms with E-state index in [-0.39, 0.29) is 6.03 Å². The van der Waals surface area contributed by atoms with Crippen molar-refractivity contribution in [2.45, 2.75) is 19.9 Å². The van der Waals surface area contributed by atoms with Crippen molar-refractivity contribution < 1.29 is 9.00 Å². The Bertz CT molecular complexity index is 1100. The van der Waals surface area contributed by atoms with Gasteiger partial charge in [-0.05, 0) is 50.2 Å². The van der Waals surface area contributed by atoms with Gasteiger partial charge in [0.1, 0.15) is 11.0 Å². The summed E-state index contributed by atoms with van der Waals surface area (Å²) >= 11 is 0. The third-order valence-corrected chi connectivity index (χ3v) is 5.76. The number of hydrogen-bond acceptors (Lipinski definition) is 5. The molecule has 9 heteroatoms. The lowest BCUT2D eigenvalue weighted by atomic mass is 10.2. The molecule has 164 valence electrons. The summed E-state index contributed by atoms with van der Waals surface area (Å²) in [4.78, 5) is 21.8. The van der Waals surface area contributed by atoms with Crippen LogP contribution >= 0.6 is 0 Å². The topological polar surface area (TPSA) is 82.5 Å². The first-order chi connectivity index (χ1) is 14.9. The molecule has 3 aromatic rings. The molecule has 0 bridgehead atoms. The zero-order valence-corrected chi connectivity index (χ0v) is 18.9. The Labute approximate surface area is 184 Å². The second-order valence-corrected chi connectivity index (χ2v) is 9.06. The Morgan fingerprint density at radius 2 is 1.90 bits per heavy atom. The summed E-state index contributed by atoms with van der Waals surface area (Å²) in [7, 11) is -1.14. The van der Waals surface area contributed by atoms with Crippen LogP contribution in [-0.2, 0) is 11.0 Å². The molecule has 0 radical (unpaired) electrons. The Morgan fingerprint density at radius 3 is 2.61 bits per heavy atom. The Hall–Kier alpha value is -3.07. The summed E-state index contributed by atoms with van der Waals surface area (Å²) in [5, 5.41) is 4.38. The molecule has 1 aliphatic rings. The maximum Gasteiger partial charge on any atom is 0.328 e. The van der Waals surface area contributed by atoms with Gasteiger partial charge in [0.05, 0.1) is 11.2 Å². The summed E-state index contributed by atoms with van der Waals surface area (Å²) in [5.41, 5.74) is 2.63. The number of carbonyl (C=O) groups is 1. The first-order valence-corrected chi connectivity index (χ1v) is 11.9. The number of amides is 1. The SMILES string of the molecule is CC(C)Nc1cccnc1N1CCN(C(=O)n2ccc3cc(NS(C)=O)ccc32)CC1. The summed E-state index contributed by atoms with van der Waals surface area (Å²) in [5.74, 6) is 0.933. The third kappa shape index (κ3) is 4.66. The molecule has 31 heavy (non-hydrogen) atoms. The van der Waals surface area contributed by atoms with Crippen molar-refractivity contribution in [2.24, 2.45) is 0 Å². The van der Waals surface area contributed by atoms with Gasteiger partial charge in [0, 0.05) is 61.9 Å². The molecule has 1 amide bonds. The second kappa shape index (κ2) is 8.97. The van der Waals surface area contributed by atoms with Crippen LogP contribution < -0.4 is 14.9 Å². The van der Waals surface area contributed by atoms with Crippen molar-refractivity contribution in [1.82, 2.24) is 14.5 Å². The fraction of sp³-hybridized carbons (Fsp3) is 0.364. The third-order valence-electron chi connectivity index (χ3n) is 5.24. The summed E-state index contributed by atoms with van der Waals surface area (Å²) in [6.07, 6.45) is 5.20. The molecule has 1 aliphatic heterocycles. The number of hydrogen-bond donors (Lipinski definition) is 2. The Morgan fingerprint density at radius 1 is 1.13 bits per heavy atom. The van der Waals surface area contributed by atoms with Crippen LogP contribution in [0.3, 0.4) is 0 Å². The van der Waals surface area contributed by atoms with Gasteiger partial charge in [0.2, 0.25) is 0 Å². The zero-order valence-electron chi connectivity index (χ0n) is 18.0. The number of aromatic nitrogens is 2. The van der Waals surface area contributed by atoms with E-state index < -0.39 is 11.0 Å². The highest BCUT2D eigenvalue weighted by molar-refractivity contribution is 7.85. The van der Waals surface area contributed by atoms with E-state index in [1.165, 1.54) is 0 Å². The number of fused-ring (bicyclic) bond motifs is 1. The monoisotopic (exact) mass is 440 g/mol. The number of nitrogens with zero attached hydrogens (tertiary/aromatic N) is 4. The molecule has 1 unspecified atom stereocenters. The Kier molecular flexibility index (Phi) is 6.13. The molecule has 1 aromatic carbocycles. The summed E-state index contributed by atoms with van der Waals surface area (Å²) < 4.78 is 16.0. The van der Waals surface area contributed by atoms with Gasteiger partial charge in [-0.1, -0.05) is 0 Å². The molecule has 0 spiro atoms. The molecular weight excluding hydrogens is 412 g/mol. The van der Waals surface area contributed by atoms with E-state index >= 15 is 0 Å². The molecule has 2 aromatic heterocycles. The van der Waals surface area contributed by atoms with Crippen LogP contribution in [0.1, 0.15) is 13.8 Å². The van der Waals surface area contributed by atoms with Crippen molar-refractivity contribution >= 4 is 45.1 Å². The van der Waals surface area contributed by atoms with Gasteiger partial charge in [0.25, 0.3) is 0 Å². The number of rotatable bonds is 5. The van der Waals surface area contributed by atoms with E-state index in [0.29, 0.717) is 19.1 Å². The van der Waals surface area contributed by atoms with Crippen LogP contribution in [0.4, 0.5) is 22.0 Å². The quantitative estimate of drug-likeness (QED) is 0.636. The lowest BCUT2D eigenvalue weighted by molar-refractivity contribution is 0.197. The predicted octanol–water partition coefficient (Wildman–Crippen LogP) is 3.35. The van der Waals surface area contributed by atoms with Crippen LogP contribution in [0, 0.1) is 0 Å². The van der Waals surface area contributed by atoms with Crippen molar-refractivity contribution in [3.05, 3.63) is 48.8 Å². The second-order valence-electron chi connectivity index (χ2n) is 7.95. The predicted molar refractivity (Wildman–Crippen MR) is 127 cm³/mol. The minimum atomic E-state index is -1.14. The molecule has 4 rings (SSSR count). The fourth-order valence-electron chi connectivity index (χ4n) is 3.87. The molecule has 3 heterocycles. The fourth-order valence-corrected chi connectivity index (χ4v) is 4.33. The van der Waals surface area contributed by atoms with Gasteiger partial charge in [-0.3, -0.25) is 4.57 Å². The number of piperazine rings is 1. The van der Waals surface area contributed by atoms with Crippen LogP contribution in [0.2, 0.25) is 0 Å². The van der Waals surface area contributed by atoms with E-state index in [0.717, 1.165) is 41.2 Å². The lowest BCUT2D eigenvalue weighted by Gasteiger charge is -2.36. The van der Waals surface area contributed by atoms with Gasteiger partial charge < -0.3 is 19.8 Å². The van der Waals surface area contributed by atoms with E-state index in [9.17, 15) is 9.00 Å². The maximum absolute atomic E-state index is 13.2.